The average Bonchev–Trinajstić information content (AvgIpc) is 2.54. The van der Waals surface area contributed by atoms with Crippen molar-refractivity contribution in [2.24, 2.45) is 5.73 Å². The lowest BCUT2D eigenvalue weighted by molar-refractivity contribution is -0.120. The lowest BCUT2D eigenvalue weighted by Crippen LogP contribution is -2.30. The van der Waals surface area contributed by atoms with Crippen molar-refractivity contribution in [2.45, 2.75) is 6.42 Å². The Hall–Kier alpha value is -1.69. The van der Waals surface area contributed by atoms with E-state index < -0.39 is 0 Å². The first-order chi connectivity index (χ1) is 8.58. The lowest BCUT2D eigenvalue weighted by atomic mass is 10.1. The zero-order valence-electron chi connectivity index (χ0n) is 9.78. The van der Waals surface area contributed by atoms with Gasteiger partial charge in [0, 0.05) is 37.3 Å². The van der Waals surface area contributed by atoms with E-state index in [1.165, 1.54) is 12.1 Å². The predicted molar refractivity (Wildman–Crippen MR) is 72.1 cm³/mol. The molecule has 18 heavy (non-hydrogen) atoms. The van der Waals surface area contributed by atoms with Crippen molar-refractivity contribution in [3.63, 3.8) is 0 Å². The van der Waals surface area contributed by atoms with Crippen LogP contribution in [-0.2, 0) is 4.79 Å². The molecule has 3 N–H and O–H groups in total. The van der Waals surface area contributed by atoms with Crippen LogP contribution in [0.15, 0.2) is 18.2 Å². The molecular weight excluding hydrogens is 253 g/mol. The van der Waals surface area contributed by atoms with E-state index in [1.807, 2.05) is 4.90 Å². The highest BCUT2D eigenvalue weighted by atomic mass is 32.1. The second kappa shape index (κ2) is 5.30. The summed E-state index contributed by atoms with van der Waals surface area (Å²) in [6, 6.07) is 4.36. The summed E-state index contributed by atoms with van der Waals surface area (Å²) >= 11 is 4.94. The van der Waals surface area contributed by atoms with Crippen LogP contribution in [0, 0.1) is 5.82 Å². The van der Waals surface area contributed by atoms with Crippen LogP contribution in [0.3, 0.4) is 0 Å². The smallest absolute Gasteiger partial charge is 0.221 e. The Morgan fingerprint density at radius 1 is 1.44 bits per heavy atom. The number of nitrogens with two attached hydrogens (primary N) is 1. The summed E-state index contributed by atoms with van der Waals surface area (Å²) in [7, 11) is 0. The number of rotatable bonds is 2. The number of thiocarbonyl (C=S) groups is 1. The number of nitrogens with zero attached hydrogens (tertiary/aromatic N) is 1. The molecule has 96 valence electrons. The van der Waals surface area contributed by atoms with Gasteiger partial charge in [-0.05, 0) is 18.2 Å². The van der Waals surface area contributed by atoms with Crippen LogP contribution >= 0.6 is 12.2 Å². The summed E-state index contributed by atoms with van der Waals surface area (Å²) in [5, 5.41) is 2.79. The Bertz CT molecular complexity index is 492. The number of amides is 1. The minimum absolute atomic E-state index is 0.0245. The van der Waals surface area contributed by atoms with Crippen LogP contribution < -0.4 is 16.0 Å². The first kappa shape index (κ1) is 12.8. The number of halogens is 1. The number of carbonyl (C=O) groups is 1. The molecule has 0 saturated carbocycles. The van der Waals surface area contributed by atoms with Crippen LogP contribution in [0.5, 0.6) is 0 Å². The van der Waals surface area contributed by atoms with Gasteiger partial charge < -0.3 is 16.0 Å². The first-order valence-corrected chi connectivity index (χ1v) is 6.10. The number of anilines is 1. The number of benzene rings is 1. The molecule has 2 rings (SSSR count). The van der Waals surface area contributed by atoms with E-state index in [2.05, 4.69) is 5.32 Å². The molecule has 1 heterocycles. The average molecular weight is 267 g/mol. The molecule has 0 atom stereocenters. The maximum absolute atomic E-state index is 13.2. The molecule has 1 saturated heterocycles. The van der Waals surface area contributed by atoms with Crippen molar-refractivity contribution < 1.29 is 9.18 Å². The van der Waals surface area contributed by atoms with Gasteiger partial charge in [0.15, 0.2) is 0 Å². The second-order valence-electron chi connectivity index (χ2n) is 4.11. The van der Waals surface area contributed by atoms with E-state index in [0.29, 0.717) is 31.6 Å². The largest absolute Gasteiger partial charge is 0.389 e. The fourth-order valence-electron chi connectivity index (χ4n) is 1.99. The van der Waals surface area contributed by atoms with Gasteiger partial charge in [0.25, 0.3) is 0 Å². The van der Waals surface area contributed by atoms with Gasteiger partial charge in [-0.15, -0.1) is 0 Å². The summed E-state index contributed by atoms with van der Waals surface area (Å²) in [4.78, 5) is 13.4. The maximum atomic E-state index is 13.2. The molecule has 0 aliphatic carbocycles. The molecule has 0 bridgehead atoms. The van der Waals surface area contributed by atoms with Crippen molar-refractivity contribution >= 4 is 28.8 Å². The van der Waals surface area contributed by atoms with Gasteiger partial charge in [0.1, 0.15) is 10.8 Å². The molecule has 1 fully saturated rings. The van der Waals surface area contributed by atoms with Crippen LogP contribution in [-0.4, -0.2) is 30.5 Å². The van der Waals surface area contributed by atoms with E-state index in [4.69, 9.17) is 18.0 Å². The summed E-state index contributed by atoms with van der Waals surface area (Å²) in [6.07, 6.45) is 0.411. The second-order valence-corrected chi connectivity index (χ2v) is 4.55. The fourth-order valence-corrected chi connectivity index (χ4v) is 2.15. The van der Waals surface area contributed by atoms with E-state index in [9.17, 15) is 9.18 Å². The quantitative estimate of drug-likeness (QED) is 0.778. The summed E-state index contributed by atoms with van der Waals surface area (Å²) in [5.41, 5.74) is 6.90. The molecule has 1 aromatic rings. The Labute approximate surface area is 110 Å². The highest BCUT2D eigenvalue weighted by Crippen LogP contribution is 2.22. The van der Waals surface area contributed by atoms with Crippen molar-refractivity contribution in [3.05, 3.63) is 29.6 Å². The van der Waals surface area contributed by atoms with Gasteiger partial charge >= 0.3 is 0 Å². The molecule has 0 aromatic heterocycles. The van der Waals surface area contributed by atoms with E-state index in [0.717, 1.165) is 5.69 Å². The van der Waals surface area contributed by atoms with Gasteiger partial charge in [-0.2, -0.15) is 0 Å². The zero-order chi connectivity index (χ0) is 13.1. The van der Waals surface area contributed by atoms with Gasteiger partial charge in [-0.3, -0.25) is 4.79 Å². The van der Waals surface area contributed by atoms with Crippen molar-refractivity contribution in [3.8, 4) is 0 Å². The molecule has 0 spiro atoms. The minimum atomic E-state index is -0.370. The number of hydrogen-bond donors (Lipinski definition) is 2. The lowest BCUT2D eigenvalue weighted by Gasteiger charge is -2.24. The zero-order valence-corrected chi connectivity index (χ0v) is 10.6. The van der Waals surface area contributed by atoms with E-state index >= 15 is 0 Å². The Morgan fingerprint density at radius 2 is 2.22 bits per heavy atom. The molecule has 0 unspecified atom stereocenters. The topological polar surface area (TPSA) is 58.4 Å². The number of nitrogens with one attached hydrogen (secondary N) is 1. The Morgan fingerprint density at radius 3 is 2.94 bits per heavy atom. The summed E-state index contributed by atoms with van der Waals surface area (Å²) < 4.78 is 13.2. The third-order valence-electron chi connectivity index (χ3n) is 2.88. The van der Waals surface area contributed by atoms with E-state index in [1.54, 1.807) is 6.07 Å². The third kappa shape index (κ3) is 2.76. The monoisotopic (exact) mass is 267 g/mol. The van der Waals surface area contributed by atoms with Crippen LogP contribution in [0.4, 0.5) is 10.1 Å². The summed E-state index contributed by atoms with van der Waals surface area (Å²) in [6.45, 7) is 1.80. The fraction of sp³-hybridized carbons (Fsp3) is 0.333. The standard InChI is InChI=1S/C12H14FN3OS/c13-8-1-2-10(9(7-8)12(14)18)16-5-3-11(17)15-4-6-16/h1-2,7H,3-6H2,(H2,14,18)(H,15,17). The van der Waals surface area contributed by atoms with Gasteiger partial charge in [-0.1, -0.05) is 12.2 Å². The number of carbonyl (C=O) groups excluding carboxylic acids is 1. The van der Waals surface area contributed by atoms with Gasteiger partial charge in [-0.25, -0.2) is 4.39 Å². The molecule has 1 aromatic carbocycles. The van der Waals surface area contributed by atoms with Crippen molar-refractivity contribution in [1.82, 2.24) is 5.32 Å². The maximum Gasteiger partial charge on any atom is 0.221 e. The van der Waals surface area contributed by atoms with Crippen LogP contribution in [0.1, 0.15) is 12.0 Å². The molecule has 6 heteroatoms. The summed E-state index contributed by atoms with van der Waals surface area (Å²) in [5.74, 6) is -0.345. The van der Waals surface area contributed by atoms with E-state index in [-0.39, 0.29) is 16.7 Å². The van der Waals surface area contributed by atoms with Gasteiger partial charge in [0.2, 0.25) is 5.91 Å². The molecule has 1 aliphatic rings. The van der Waals surface area contributed by atoms with Gasteiger partial charge in [0.05, 0.1) is 0 Å². The predicted octanol–water partition coefficient (Wildman–Crippen LogP) is 0.786. The minimum Gasteiger partial charge on any atom is -0.389 e. The Balaban J connectivity index is 2.31. The highest BCUT2D eigenvalue weighted by Gasteiger charge is 2.17. The normalized spacial score (nSPS) is 16.1. The molecular formula is C12H14FN3OS. The molecule has 0 radical (unpaired) electrons. The van der Waals surface area contributed by atoms with Crippen LogP contribution in [0.25, 0.3) is 0 Å². The third-order valence-corrected chi connectivity index (χ3v) is 3.10. The van der Waals surface area contributed by atoms with Crippen molar-refractivity contribution in [1.29, 1.82) is 0 Å². The highest BCUT2D eigenvalue weighted by molar-refractivity contribution is 7.80. The van der Waals surface area contributed by atoms with Crippen LogP contribution in [0.2, 0.25) is 0 Å². The molecule has 1 aliphatic heterocycles. The number of hydrogen-bond acceptors (Lipinski definition) is 3. The Kier molecular flexibility index (Phi) is 3.76. The molecule has 4 nitrogen and oxygen atoms in total. The van der Waals surface area contributed by atoms with Crippen molar-refractivity contribution in [2.75, 3.05) is 24.5 Å². The first-order valence-electron chi connectivity index (χ1n) is 5.69. The SMILES string of the molecule is NC(=S)c1cc(F)ccc1N1CCNC(=O)CC1. The molecule has 1 amide bonds.